The SMILES string of the molecule is C=CN(Cc1cc(Cl)ccc1C)/N=C(\CC)c1ccc(F)cc1.CC. The molecule has 4 heteroatoms. The summed E-state index contributed by atoms with van der Waals surface area (Å²) in [6.07, 6.45) is 2.42. The van der Waals surface area contributed by atoms with Crippen molar-refractivity contribution in [3.05, 3.63) is 82.8 Å². The zero-order chi connectivity index (χ0) is 18.8. The second kappa shape index (κ2) is 10.7. The van der Waals surface area contributed by atoms with E-state index in [1.807, 2.05) is 45.9 Å². The first-order valence-corrected chi connectivity index (χ1v) is 8.89. The molecular weight excluding hydrogens is 335 g/mol. The van der Waals surface area contributed by atoms with Crippen LogP contribution in [-0.2, 0) is 6.54 Å². The van der Waals surface area contributed by atoms with Crippen molar-refractivity contribution in [3.8, 4) is 0 Å². The zero-order valence-electron chi connectivity index (χ0n) is 15.4. The summed E-state index contributed by atoms with van der Waals surface area (Å²) in [5.41, 5.74) is 4.03. The lowest BCUT2D eigenvalue weighted by Gasteiger charge is -2.18. The van der Waals surface area contributed by atoms with Crippen molar-refractivity contribution in [1.29, 1.82) is 0 Å². The maximum absolute atomic E-state index is 13.1. The first-order valence-electron chi connectivity index (χ1n) is 8.51. The van der Waals surface area contributed by atoms with Crippen molar-refractivity contribution in [2.75, 3.05) is 0 Å². The minimum Gasteiger partial charge on any atom is -0.269 e. The van der Waals surface area contributed by atoms with Crippen molar-refractivity contribution in [3.63, 3.8) is 0 Å². The molecule has 0 saturated heterocycles. The van der Waals surface area contributed by atoms with E-state index in [1.165, 1.54) is 12.1 Å². The fraction of sp³-hybridized carbons (Fsp3) is 0.286. The molecular formula is C21H26ClFN2. The lowest BCUT2D eigenvalue weighted by atomic mass is 10.1. The largest absolute Gasteiger partial charge is 0.269 e. The maximum Gasteiger partial charge on any atom is 0.123 e. The highest BCUT2D eigenvalue weighted by atomic mass is 35.5. The number of benzene rings is 2. The molecule has 0 unspecified atom stereocenters. The molecule has 0 bridgehead atoms. The summed E-state index contributed by atoms with van der Waals surface area (Å²) in [6.45, 7) is 12.5. The van der Waals surface area contributed by atoms with Crippen molar-refractivity contribution in [2.45, 2.75) is 40.7 Å². The maximum atomic E-state index is 13.1. The van der Waals surface area contributed by atoms with E-state index in [1.54, 1.807) is 23.3 Å². The number of nitrogens with zero attached hydrogens (tertiary/aromatic N) is 2. The third-order valence-corrected chi connectivity index (χ3v) is 3.85. The Balaban J connectivity index is 0.00000151. The molecule has 0 aromatic heterocycles. The molecule has 0 N–H and O–H groups in total. The van der Waals surface area contributed by atoms with Crippen molar-refractivity contribution in [1.82, 2.24) is 5.01 Å². The van der Waals surface area contributed by atoms with Crippen LogP contribution in [-0.4, -0.2) is 10.7 Å². The molecule has 134 valence electrons. The van der Waals surface area contributed by atoms with Gasteiger partial charge in [-0.25, -0.2) is 4.39 Å². The predicted octanol–water partition coefficient (Wildman–Crippen LogP) is 6.57. The number of halogens is 2. The van der Waals surface area contributed by atoms with Gasteiger partial charge in [-0.3, -0.25) is 5.01 Å². The molecule has 0 radical (unpaired) electrons. The van der Waals surface area contributed by atoms with Crippen molar-refractivity contribution >= 4 is 17.3 Å². The molecule has 2 aromatic carbocycles. The summed E-state index contributed by atoms with van der Waals surface area (Å²) in [4.78, 5) is 0. The first kappa shape index (κ1) is 20.9. The minimum absolute atomic E-state index is 0.251. The molecule has 0 atom stereocenters. The van der Waals surface area contributed by atoms with E-state index in [-0.39, 0.29) is 5.82 Å². The van der Waals surface area contributed by atoms with Gasteiger partial charge in [-0.05, 0) is 54.3 Å². The van der Waals surface area contributed by atoms with Crippen molar-refractivity contribution < 1.29 is 4.39 Å². The van der Waals surface area contributed by atoms with Gasteiger partial charge < -0.3 is 0 Å². The van der Waals surface area contributed by atoms with E-state index < -0.39 is 0 Å². The van der Waals surface area contributed by atoms with Gasteiger partial charge in [-0.2, -0.15) is 5.10 Å². The van der Waals surface area contributed by atoms with Crippen LogP contribution in [0, 0.1) is 12.7 Å². The molecule has 0 aliphatic heterocycles. The van der Waals surface area contributed by atoms with E-state index in [4.69, 9.17) is 11.6 Å². The summed E-state index contributed by atoms with van der Waals surface area (Å²) >= 11 is 6.07. The molecule has 0 heterocycles. The smallest absolute Gasteiger partial charge is 0.123 e. The molecule has 2 nitrogen and oxygen atoms in total. The third kappa shape index (κ3) is 6.35. The monoisotopic (exact) mass is 360 g/mol. The van der Waals surface area contributed by atoms with Gasteiger partial charge in [-0.1, -0.05) is 57.2 Å². The van der Waals surface area contributed by atoms with Gasteiger partial charge in [0.05, 0.1) is 12.3 Å². The van der Waals surface area contributed by atoms with Crippen LogP contribution in [0.3, 0.4) is 0 Å². The van der Waals surface area contributed by atoms with Gasteiger partial charge in [0.1, 0.15) is 5.82 Å². The van der Waals surface area contributed by atoms with E-state index in [2.05, 4.69) is 11.7 Å². The quantitative estimate of drug-likeness (QED) is 0.420. The predicted molar refractivity (Wildman–Crippen MR) is 107 cm³/mol. The number of hydrazone groups is 1. The zero-order valence-corrected chi connectivity index (χ0v) is 16.1. The van der Waals surface area contributed by atoms with E-state index in [0.717, 1.165) is 28.8 Å². The summed E-state index contributed by atoms with van der Waals surface area (Å²) in [5, 5.41) is 7.13. The minimum atomic E-state index is -0.251. The van der Waals surface area contributed by atoms with Crippen LogP contribution in [0.2, 0.25) is 5.02 Å². The molecule has 0 aliphatic rings. The molecule has 0 saturated carbocycles. The van der Waals surface area contributed by atoms with Gasteiger partial charge in [0.25, 0.3) is 0 Å². The molecule has 0 fully saturated rings. The fourth-order valence-electron chi connectivity index (χ4n) is 2.26. The molecule has 0 aliphatic carbocycles. The lowest BCUT2D eigenvalue weighted by Crippen LogP contribution is -2.14. The topological polar surface area (TPSA) is 15.6 Å². The van der Waals surface area contributed by atoms with Crippen LogP contribution in [0.4, 0.5) is 4.39 Å². The first-order chi connectivity index (χ1) is 12.0. The van der Waals surface area contributed by atoms with E-state index >= 15 is 0 Å². The lowest BCUT2D eigenvalue weighted by molar-refractivity contribution is 0.391. The van der Waals surface area contributed by atoms with E-state index in [9.17, 15) is 4.39 Å². The number of hydrogen-bond donors (Lipinski definition) is 0. The average Bonchev–Trinajstić information content (AvgIpc) is 2.64. The Hall–Kier alpha value is -2.13. The summed E-state index contributed by atoms with van der Waals surface area (Å²) in [6, 6.07) is 12.2. The van der Waals surface area contributed by atoms with Gasteiger partial charge in [0, 0.05) is 11.2 Å². The molecule has 0 spiro atoms. The van der Waals surface area contributed by atoms with Crippen LogP contribution < -0.4 is 0 Å². The molecule has 0 amide bonds. The van der Waals surface area contributed by atoms with Crippen LogP contribution in [0.1, 0.15) is 43.9 Å². The highest BCUT2D eigenvalue weighted by Crippen LogP contribution is 2.18. The summed E-state index contributed by atoms with van der Waals surface area (Å²) in [7, 11) is 0. The van der Waals surface area contributed by atoms with Crippen LogP contribution in [0.5, 0.6) is 0 Å². The fourth-order valence-corrected chi connectivity index (χ4v) is 2.45. The van der Waals surface area contributed by atoms with Gasteiger partial charge in [0.15, 0.2) is 0 Å². The summed E-state index contributed by atoms with van der Waals surface area (Å²) < 4.78 is 13.1. The molecule has 2 aromatic rings. The van der Waals surface area contributed by atoms with Crippen LogP contribution >= 0.6 is 11.6 Å². The second-order valence-corrected chi connectivity index (χ2v) is 5.69. The van der Waals surface area contributed by atoms with Gasteiger partial charge in [0.2, 0.25) is 0 Å². The van der Waals surface area contributed by atoms with Crippen molar-refractivity contribution in [2.24, 2.45) is 5.10 Å². The van der Waals surface area contributed by atoms with Crippen LogP contribution in [0.25, 0.3) is 0 Å². The molecule has 2 rings (SSSR count). The Labute approximate surface area is 155 Å². The Morgan fingerprint density at radius 3 is 2.40 bits per heavy atom. The highest BCUT2D eigenvalue weighted by molar-refractivity contribution is 6.30. The standard InChI is InChI=1S/C19H20ClFN2.C2H6/c1-4-19(15-7-10-18(21)11-8-15)22-23(5-2)13-16-12-17(20)9-6-14(16)3;1-2/h5-12H,2,4,13H2,1,3H3;1-2H3/b22-19+;. The summed E-state index contributed by atoms with van der Waals surface area (Å²) in [5.74, 6) is -0.251. The van der Waals surface area contributed by atoms with Gasteiger partial charge >= 0.3 is 0 Å². The Morgan fingerprint density at radius 2 is 1.84 bits per heavy atom. The molecule has 25 heavy (non-hydrogen) atoms. The Bertz CT molecular complexity index is 708. The van der Waals surface area contributed by atoms with Gasteiger partial charge in [-0.15, -0.1) is 0 Å². The average molecular weight is 361 g/mol. The third-order valence-electron chi connectivity index (χ3n) is 3.62. The Morgan fingerprint density at radius 1 is 1.20 bits per heavy atom. The Kier molecular flexibility index (Phi) is 8.93. The number of aryl methyl sites for hydroxylation is 1. The number of hydrogen-bond acceptors (Lipinski definition) is 2. The van der Waals surface area contributed by atoms with E-state index in [0.29, 0.717) is 11.6 Å². The normalized spacial score (nSPS) is 10.7. The number of rotatable bonds is 6. The highest BCUT2D eigenvalue weighted by Gasteiger charge is 2.07. The van der Waals surface area contributed by atoms with Crippen LogP contribution in [0.15, 0.2) is 60.3 Å². The second-order valence-electron chi connectivity index (χ2n) is 5.26.